The minimum absolute atomic E-state index is 0.0506. The van der Waals surface area contributed by atoms with Crippen molar-refractivity contribution in [2.24, 2.45) is 5.73 Å². The van der Waals surface area contributed by atoms with Crippen LogP contribution in [0.2, 0.25) is 0 Å². The molecule has 2 N–H and O–H groups in total. The Labute approximate surface area is 113 Å². The molecule has 0 spiro atoms. The van der Waals surface area contributed by atoms with E-state index in [2.05, 4.69) is 10.5 Å². The van der Waals surface area contributed by atoms with Crippen LogP contribution < -0.4 is 5.73 Å². The van der Waals surface area contributed by atoms with Crippen molar-refractivity contribution in [2.75, 3.05) is 12.9 Å². The summed E-state index contributed by atoms with van der Waals surface area (Å²) in [5, 5.41) is 0. The van der Waals surface area contributed by atoms with Gasteiger partial charge in [0, 0.05) is 10.5 Å². The summed E-state index contributed by atoms with van der Waals surface area (Å²) in [6.45, 7) is 1.46. The first-order chi connectivity index (χ1) is 8.96. The minimum Gasteiger partial charge on any atom is -0.468 e. The number of ether oxygens (including phenoxy) is 1. The van der Waals surface area contributed by atoms with Gasteiger partial charge in [-0.1, -0.05) is 12.1 Å². The molecule has 0 bridgehead atoms. The van der Waals surface area contributed by atoms with Crippen molar-refractivity contribution in [1.29, 1.82) is 0 Å². The van der Waals surface area contributed by atoms with Crippen molar-refractivity contribution in [3.63, 3.8) is 0 Å². The Balaban J connectivity index is 0.000000982. The molecule has 0 aliphatic rings. The first-order valence-corrected chi connectivity index (χ1v) is 6.49. The Morgan fingerprint density at radius 1 is 1.32 bits per heavy atom. The average molecular weight is 285 g/mol. The maximum atomic E-state index is 11.6. The maximum absolute atomic E-state index is 11.6. The average Bonchev–Trinajstić information content (AvgIpc) is 2.39. The highest BCUT2D eigenvalue weighted by Gasteiger charge is 2.10. The van der Waals surface area contributed by atoms with Gasteiger partial charge in [-0.05, 0) is 19.1 Å². The van der Waals surface area contributed by atoms with E-state index >= 15 is 0 Å². The van der Waals surface area contributed by atoms with Gasteiger partial charge in [0.25, 0.3) is 0 Å². The molecule has 0 aliphatic carbocycles. The first kappa shape index (κ1) is 17.0. The second-order valence-corrected chi connectivity index (χ2v) is 4.73. The lowest BCUT2D eigenvalue weighted by Crippen LogP contribution is -2.12. The quantitative estimate of drug-likeness (QED) is 0.486. The number of Topliss-reactive ketones (excluding diaryl/α,β-unsaturated/α-hetero) is 1. The highest BCUT2D eigenvalue weighted by molar-refractivity contribution is 7.85. The van der Waals surface area contributed by atoms with Crippen molar-refractivity contribution in [3.8, 4) is 0 Å². The van der Waals surface area contributed by atoms with Gasteiger partial charge in [0.15, 0.2) is 5.78 Å². The maximum Gasteiger partial charge on any atom is 0.318 e. The lowest BCUT2D eigenvalue weighted by molar-refractivity contribution is -0.137. The van der Waals surface area contributed by atoms with Crippen LogP contribution in [0.4, 0.5) is 0 Å². The molecule has 0 fully saturated rings. The molecule has 0 saturated heterocycles. The molecule has 19 heavy (non-hydrogen) atoms. The molecule has 1 atom stereocenters. The molecule has 1 aromatic carbocycles. The molecule has 0 aromatic heterocycles. The van der Waals surface area contributed by atoms with E-state index in [1.807, 2.05) is 0 Å². The zero-order valence-electron chi connectivity index (χ0n) is 10.6. The van der Waals surface area contributed by atoms with Crippen LogP contribution in [0.5, 0.6) is 0 Å². The van der Waals surface area contributed by atoms with Crippen molar-refractivity contribution in [3.05, 3.63) is 29.8 Å². The van der Waals surface area contributed by atoms with Gasteiger partial charge in [0.05, 0.1) is 17.9 Å². The summed E-state index contributed by atoms with van der Waals surface area (Å²) >= 11 is 0. The number of rotatable bonds is 4. The summed E-state index contributed by atoms with van der Waals surface area (Å²) in [5.74, 6) is -0.741. The van der Waals surface area contributed by atoms with E-state index in [-0.39, 0.29) is 17.9 Å². The fourth-order valence-electron chi connectivity index (χ4n) is 1.09. The molecule has 0 aliphatic heterocycles. The lowest BCUT2D eigenvalue weighted by atomic mass is 10.2. The fourth-order valence-corrected chi connectivity index (χ4v) is 2.03. The number of amides is 1. The first-order valence-electron chi connectivity index (χ1n) is 5.17. The number of ketones is 1. The minimum atomic E-state index is -1.42. The Morgan fingerprint density at radius 3 is 2.16 bits per heavy atom. The van der Waals surface area contributed by atoms with Gasteiger partial charge in [0.1, 0.15) is 5.75 Å². The zero-order chi connectivity index (χ0) is 14.8. The van der Waals surface area contributed by atoms with Crippen LogP contribution in [0.1, 0.15) is 17.3 Å². The molecule has 1 unspecified atom stereocenters. The van der Waals surface area contributed by atoms with Crippen LogP contribution in [0.15, 0.2) is 29.2 Å². The van der Waals surface area contributed by atoms with Crippen LogP contribution >= 0.6 is 0 Å². The number of hydrogen-bond donors (Lipinski definition) is 1. The van der Waals surface area contributed by atoms with Crippen LogP contribution in [-0.2, 0) is 25.1 Å². The number of primary amides is 1. The van der Waals surface area contributed by atoms with Crippen LogP contribution in [0, 0.1) is 0 Å². The lowest BCUT2D eigenvalue weighted by Gasteiger charge is -2.01. The second kappa shape index (κ2) is 8.98. The van der Waals surface area contributed by atoms with Gasteiger partial charge in [-0.2, -0.15) is 0 Å². The Bertz CT molecular complexity index is 470. The molecular weight excluding hydrogens is 270 g/mol. The predicted molar refractivity (Wildman–Crippen MR) is 70.0 cm³/mol. The third-order valence-electron chi connectivity index (χ3n) is 2.00. The summed E-state index contributed by atoms with van der Waals surface area (Å²) in [6, 6.07) is 6.34. The van der Waals surface area contributed by atoms with E-state index < -0.39 is 16.8 Å². The van der Waals surface area contributed by atoms with Gasteiger partial charge in [0.2, 0.25) is 6.41 Å². The highest BCUT2D eigenvalue weighted by atomic mass is 32.2. The largest absolute Gasteiger partial charge is 0.468 e. The molecule has 1 amide bonds. The standard InChI is InChI=1S/C11H12O4S.CH3NO/c1-8(12)9-3-5-10(6-4-9)16(14)7-11(13)15-2;2-1-3/h3-6H,7H2,1-2H3;1H,(H2,2,3). The zero-order valence-corrected chi connectivity index (χ0v) is 11.4. The van der Waals surface area contributed by atoms with Gasteiger partial charge < -0.3 is 10.5 Å². The number of benzene rings is 1. The molecule has 1 aromatic rings. The van der Waals surface area contributed by atoms with Crippen molar-refractivity contribution < 1.29 is 23.3 Å². The number of methoxy groups -OCH3 is 1. The SMILES string of the molecule is COC(=O)CS(=O)c1ccc(C(C)=O)cc1.NC=O. The van der Waals surface area contributed by atoms with E-state index in [0.717, 1.165) is 0 Å². The normalized spacial score (nSPS) is 10.6. The molecule has 7 heteroatoms. The summed E-state index contributed by atoms with van der Waals surface area (Å²) < 4.78 is 16.0. The summed E-state index contributed by atoms with van der Waals surface area (Å²) in [7, 11) is -0.172. The fraction of sp³-hybridized carbons (Fsp3) is 0.250. The predicted octanol–water partition coefficient (Wildman–Crippen LogP) is 0.271. The number of carbonyl (C=O) groups is 3. The molecule has 1 rings (SSSR count). The van der Waals surface area contributed by atoms with E-state index in [4.69, 9.17) is 4.79 Å². The van der Waals surface area contributed by atoms with Crippen molar-refractivity contribution >= 4 is 29.0 Å². The highest BCUT2D eigenvalue weighted by Crippen LogP contribution is 2.09. The Kier molecular flexibility index (Phi) is 8.03. The molecule has 0 saturated carbocycles. The van der Waals surface area contributed by atoms with E-state index in [1.165, 1.54) is 14.0 Å². The number of hydrogen-bond acceptors (Lipinski definition) is 5. The third-order valence-corrected chi connectivity index (χ3v) is 3.30. The number of carbonyl (C=O) groups excluding carboxylic acids is 3. The topological polar surface area (TPSA) is 104 Å². The third kappa shape index (κ3) is 6.46. The summed E-state index contributed by atoms with van der Waals surface area (Å²) in [4.78, 5) is 31.0. The molecule has 104 valence electrons. The Morgan fingerprint density at radius 2 is 1.79 bits per heavy atom. The monoisotopic (exact) mass is 285 g/mol. The van der Waals surface area contributed by atoms with Crippen LogP contribution in [0.3, 0.4) is 0 Å². The molecule has 6 nitrogen and oxygen atoms in total. The van der Waals surface area contributed by atoms with Crippen LogP contribution in [0.25, 0.3) is 0 Å². The summed E-state index contributed by atoms with van der Waals surface area (Å²) in [6.07, 6.45) is 0.250. The molecule has 0 heterocycles. The van der Waals surface area contributed by atoms with E-state index in [0.29, 0.717) is 10.5 Å². The number of nitrogens with two attached hydrogens (primary N) is 1. The van der Waals surface area contributed by atoms with Gasteiger partial charge in [-0.25, -0.2) is 0 Å². The number of esters is 1. The van der Waals surface area contributed by atoms with Gasteiger partial charge in [-0.15, -0.1) is 0 Å². The van der Waals surface area contributed by atoms with Gasteiger partial charge >= 0.3 is 5.97 Å². The second-order valence-electron chi connectivity index (χ2n) is 3.28. The molecule has 0 radical (unpaired) electrons. The smallest absolute Gasteiger partial charge is 0.318 e. The van der Waals surface area contributed by atoms with Crippen LogP contribution in [-0.4, -0.2) is 35.2 Å². The van der Waals surface area contributed by atoms with Gasteiger partial charge in [-0.3, -0.25) is 18.6 Å². The van der Waals surface area contributed by atoms with E-state index in [9.17, 15) is 13.8 Å². The van der Waals surface area contributed by atoms with Crippen molar-refractivity contribution in [2.45, 2.75) is 11.8 Å². The van der Waals surface area contributed by atoms with Crippen molar-refractivity contribution in [1.82, 2.24) is 0 Å². The van der Waals surface area contributed by atoms with E-state index in [1.54, 1.807) is 24.3 Å². The Hall–Kier alpha value is -2.02. The summed E-state index contributed by atoms with van der Waals surface area (Å²) in [5.41, 5.74) is 4.72. The molecular formula is C12H15NO5S.